The molecule has 0 fully saturated rings. The Balaban J connectivity index is 2.38. The summed E-state index contributed by atoms with van der Waals surface area (Å²) in [4.78, 5) is 28.5. The van der Waals surface area contributed by atoms with Crippen molar-refractivity contribution >= 4 is 28.6 Å². The summed E-state index contributed by atoms with van der Waals surface area (Å²) in [5.41, 5.74) is 5.12. The van der Waals surface area contributed by atoms with E-state index in [1.54, 1.807) is 18.2 Å². The number of carbonyl (C=O) groups excluding carboxylic acids is 1. The smallest absolute Gasteiger partial charge is 0.405 e. The lowest BCUT2D eigenvalue weighted by molar-refractivity contribution is 0.110. The van der Waals surface area contributed by atoms with Gasteiger partial charge in [-0.3, -0.25) is 9.36 Å². The Bertz CT molecular complexity index is 1040. The molecule has 0 aliphatic rings. The molecule has 2 N–H and O–H groups in total. The van der Waals surface area contributed by atoms with Crippen molar-refractivity contribution in [3.8, 4) is 5.69 Å². The van der Waals surface area contributed by atoms with Crippen molar-refractivity contribution in [1.82, 2.24) is 9.55 Å². The Morgan fingerprint density at radius 2 is 2.04 bits per heavy atom. The van der Waals surface area contributed by atoms with Gasteiger partial charge in [-0.25, -0.2) is 14.2 Å². The highest BCUT2D eigenvalue weighted by molar-refractivity contribution is 6.35. The summed E-state index contributed by atoms with van der Waals surface area (Å²) in [5, 5.41) is 0.402. The second-order valence-corrected chi connectivity index (χ2v) is 5.71. The highest BCUT2D eigenvalue weighted by Gasteiger charge is 2.21. The average Bonchev–Trinajstić information content (AvgIpc) is 2.53. The lowest BCUT2D eigenvalue weighted by atomic mass is 10.2. The lowest BCUT2D eigenvalue weighted by Crippen LogP contribution is -2.27. The standard InChI is InChI=1S/C17H13ClFN3O3/c1-9(25-17(20)24)15-21-13-7-3-6-12(18)14(13)16(23)22(15)11-5-2-4-10(19)8-11/h2-9H,1H3,(H2,20,24). The van der Waals surface area contributed by atoms with Crippen molar-refractivity contribution in [3.05, 3.63) is 69.5 Å². The molecular formula is C17H13ClFN3O3. The predicted octanol–water partition coefficient (Wildman–Crippen LogP) is 3.33. The van der Waals surface area contributed by atoms with Gasteiger partial charge in [0.1, 0.15) is 5.82 Å². The minimum Gasteiger partial charge on any atom is -0.439 e. The molecule has 8 heteroatoms. The zero-order valence-corrected chi connectivity index (χ0v) is 13.8. The summed E-state index contributed by atoms with van der Waals surface area (Å²) in [5.74, 6) is -0.428. The number of benzene rings is 2. The van der Waals surface area contributed by atoms with Gasteiger partial charge in [-0.2, -0.15) is 0 Å². The number of aromatic nitrogens is 2. The molecule has 0 aliphatic carbocycles. The number of carbonyl (C=O) groups is 1. The van der Waals surface area contributed by atoms with Crippen LogP contribution in [0.3, 0.4) is 0 Å². The number of hydrogen-bond acceptors (Lipinski definition) is 4. The minimum absolute atomic E-state index is 0.101. The maximum Gasteiger partial charge on any atom is 0.405 e. The first-order valence-electron chi connectivity index (χ1n) is 7.31. The average molecular weight is 362 g/mol. The Morgan fingerprint density at radius 3 is 2.72 bits per heavy atom. The largest absolute Gasteiger partial charge is 0.439 e. The van der Waals surface area contributed by atoms with Crippen LogP contribution in [0.5, 0.6) is 0 Å². The van der Waals surface area contributed by atoms with E-state index in [4.69, 9.17) is 22.1 Å². The van der Waals surface area contributed by atoms with Crippen molar-refractivity contribution < 1.29 is 13.9 Å². The number of hydrogen-bond donors (Lipinski definition) is 1. The first-order chi connectivity index (χ1) is 11.9. The highest BCUT2D eigenvalue weighted by Crippen LogP contribution is 2.24. The molecule has 3 aromatic rings. The zero-order valence-electron chi connectivity index (χ0n) is 13.1. The van der Waals surface area contributed by atoms with Crippen LogP contribution in [0.25, 0.3) is 16.6 Å². The number of fused-ring (bicyclic) bond motifs is 1. The fraction of sp³-hybridized carbons (Fsp3) is 0.118. The van der Waals surface area contributed by atoms with Gasteiger partial charge in [-0.15, -0.1) is 0 Å². The van der Waals surface area contributed by atoms with Gasteiger partial charge in [0.15, 0.2) is 11.9 Å². The Kier molecular flexibility index (Phi) is 4.41. The molecule has 1 heterocycles. The predicted molar refractivity (Wildman–Crippen MR) is 91.4 cm³/mol. The van der Waals surface area contributed by atoms with E-state index < -0.39 is 23.6 Å². The normalized spacial score (nSPS) is 12.1. The van der Waals surface area contributed by atoms with Crippen molar-refractivity contribution in [3.63, 3.8) is 0 Å². The second-order valence-electron chi connectivity index (χ2n) is 5.30. The Labute approximate surface area is 146 Å². The summed E-state index contributed by atoms with van der Waals surface area (Å²) in [6.07, 6.45) is -1.95. The quantitative estimate of drug-likeness (QED) is 0.775. The van der Waals surface area contributed by atoms with Crippen molar-refractivity contribution in [2.45, 2.75) is 13.0 Å². The van der Waals surface area contributed by atoms with Crippen LogP contribution in [0.4, 0.5) is 9.18 Å². The molecule has 1 amide bonds. The van der Waals surface area contributed by atoms with Crippen LogP contribution in [0.15, 0.2) is 47.3 Å². The van der Waals surface area contributed by atoms with Crippen molar-refractivity contribution in [2.75, 3.05) is 0 Å². The Morgan fingerprint density at radius 1 is 1.32 bits per heavy atom. The van der Waals surface area contributed by atoms with Crippen molar-refractivity contribution in [1.29, 1.82) is 0 Å². The number of halogens is 2. The first-order valence-corrected chi connectivity index (χ1v) is 7.69. The van der Waals surface area contributed by atoms with E-state index in [2.05, 4.69) is 4.98 Å². The summed E-state index contributed by atoms with van der Waals surface area (Å²) < 4.78 is 19.8. The molecule has 2 aromatic carbocycles. The van der Waals surface area contributed by atoms with Gasteiger partial charge in [0, 0.05) is 0 Å². The molecule has 0 aliphatic heterocycles. The summed E-state index contributed by atoms with van der Waals surface area (Å²) >= 11 is 6.14. The number of rotatable bonds is 3. The van der Waals surface area contributed by atoms with E-state index in [-0.39, 0.29) is 21.9 Å². The van der Waals surface area contributed by atoms with E-state index in [1.807, 2.05) is 0 Å². The monoisotopic (exact) mass is 361 g/mol. The van der Waals surface area contributed by atoms with Crippen LogP contribution in [-0.2, 0) is 4.74 Å². The molecule has 25 heavy (non-hydrogen) atoms. The number of amides is 1. The van der Waals surface area contributed by atoms with Gasteiger partial charge in [0.25, 0.3) is 5.56 Å². The molecule has 0 spiro atoms. The van der Waals surface area contributed by atoms with Crippen LogP contribution in [0, 0.1) is 5.82 Å². The fourth-order valence-electron chi connectivity index (χ4n) is 2.57. The summed E-state index contributed by atoms with van der Waals surface area (Å²) in [6, 6.07) is 10.2. The molecule has 0 radical (unpaired) electrons. The van der Waals surface area contributed by atoms with Gasteiger partial charge < -0.3 is 10.5 Å². The number of nitrogens with zero attached hydrogens (tertiary/aromatic N) is 2. The number of nitrogens with two attached hydrogens (primary N) is 1. The topological polar surface area (TPSA) is 87.2 Å². The summed E-state index contributed by atoms with van der Waals surface area (Å²) in [6.45, 7) is 1.51. The van der Waals surface area contributed by atoms with Crippen LogP contribution < -0.4 is 11.3 Å². The lowest BCUT2D eigenvalue weighted by Gasteiger charge is -2.18. The first kappa shape index (κ1) is 16.9. The molecule has 0 bridgehead atoms. The van der Waals surface area contributed by atoms with E-state index in [1.165, 1.54) is 31.2 Å². The van der Waals surface area contributed by atoms with E-state index in [9.17, 15) is 14.0 Å². The molecular weight excluding hydrogens is 349 g/mol. The molecule has 6 nitrogen and oxygen atoms in total. The van der Waals surface area contributed by atoms with Crippen LogP contribution in [0.1, 0.15) is 18.9 Å². The minimum atomic E-state index is -1.02. The van der Waals surface area contributed by atoms with Gasteiger partial charge in [0.05, 0.1) is 21.6 Å². The number of primary amides is 1. The van der Waals surface area contributed by atoms with Crippen molar-refractivity contribution in [2.24, 2.45) is 5.73 Å². The second kappa shape index (κ2) is 6.52. The molecule has 128 valence electrons. The van der Waals surface area contributed by atoms with Crippen LogP contribution >= 0.6 is 11.6 Å². The molecule has 3 rings (SSSR count). The third-order valence-electron chi connectivity index (χ3n) is 3.60. The third-order valence-corrected chi connectivity index (χ3v) is 3.91. The molecule has 0 saturated heterocycles. The third kappa shape index (κ3) is 3.18. The fourth-order valence-corrected chi connectivity index (χ4v) is 2.82. The van der Waals surface area contributed by atoms with Gasteiger partial charge >= 0.3 is 6.09 Å². The number of ether oxygens (including phenoxy) is 1. The molecule has 1 atom stereocenters. The van der Waals surface area contributed by atoms with Gasteiger partial charge in [-0.1, -0.05) is 23.7 Å². The zero-order chi connectivity index (χ0) is 18.1. The molecule has 0 saturated carbocycles. The van der Waals surface area contributed by atoms with Crippen LogP contribution in [0.2, 0.25) is 5.02 Å². The van der Waals surface area contributed by atoms with Gasteiger partial charge in [0.2, 0.25) is 0 Å². The Hall–Kier alpha value is -2.93. The van der Waals surface area contributed by atoms with Crippen LogP contribution in [-0.4, -0.2) is 15.6 Å². The highest BCUT2D eigenvalue weighted by atomic mass is 35.5. The van der Waals surface area contributed by atoms with Gasteiger partial charge in [-0.05, 0) is 37.3 Å². The maximum absolute atomic E-state index is 13.7. The SMILES string of the molecule is CC(OC(N)=O)c1nc2cccc(Cl)c2c(=O)n1-c1cccc(F)c1. The van der Waals surface area contributed by atoms with E-state index >= 15 is 0 Å². The molecule has 1 unspecified atom stereocenters. The summed E-state index contributed by atoms with van der Waals surface area (Å²) in [7, 11) is 0. The van der Waals surface area contributed by atoms with E-state index in [0.29, 0.717) is 5.52 Å². The van der Waals surface area contributed by atoms with E-state index in [0.717, 1.165) is 4.57 Å². The molecule has 1 aromatic heterocycles. The maximum atomic E-state index is 13.7.